The van der Waals surface area contributed by atoms with E-state index in [9.17, 15) is 27.5 Å². The summed E-state index contributed by atoms with van der Waals surface area (Å²) in [6, 6.07) is 17.6. The van der Waals surface area contributed by atoms with E-state index in [0.717, 1.165) is 6.26 Å². The molecule has 0 spiro atoms. The highest BCUT2D eigenvalue weighted by Crippen LogP contribution is 2.38. The van der Waals surface area contributed by atoms with E-state index in [4.69, 9.17) is 0 Å². The Hall–Kier alpha value is -4.22. The van der Waals surface area contributed by atoms with Crippen molar-refractivity contribution in [1.82, 2.24) is 4.90 Å². The SMILES string of the molecule is CN(C)CCN(c1ccc(N/C(=C2\C(=O)Nc3cc(F)ccc32)c2cccc(CC(=O)O)c2)cc1)S(C)(=O)=O. The zero-order valence-corrected chi connectivity index (χ0v) is 22.5. The molecule has 0 aliphatic carbocycles. The van der Waals surface area contributed by atoms with E-state index in [2.05, 4.69) is 10.6 Å². The van der Waals surface area contributed by atoms with Crippen molar-refractivity contribution in [3.05, 3.63) is 89.2 Å². The van der Waals surface area contributed by atoms with Gasteiger partial charge in [0.15, 0.2) is 0 Å². The fraction of sp³-hybridized carbons (Fsp3) is 0.214. The van der Waals surface area contributed by atoms with Crippen LogP contribution in [0.15, 0.2) is 66.7 Å². The molecule has 3 N–H and O–H groups in total. The monoisotopic (exact) mass is 552 g/mol. The first-order valence-corrected chi connectivity index (χ1v) is 13.9. The van der Waals surface area contributed by atoms with E-state index in [1.165, 1.54) is 22.5 Å². The molecule has 4 rings (SSSR count). The van der Waals surface area contributed by atoms with Gasteiger partial charge < -0.3 is 20.6 Å². The highest BCUT2D eigenvalue weighted by molar-refractivity contribution is 7.92. The van der Waals surface area contributed by atoms with Gasteiger partial charge in [0, 0.05) is 24.3 Å². The number of aliphatic carboxylic acids is 1. The fourth-order valence-electron chi connectivity index (χ4n) is 4.32. The number of hydrogen-bond acceptors (Lipinski definition) is 6. The number of likely N-dealkylation sites (N-methyl/N-ethyl adjacent to an activating group) is 1. The van der Waals surface area contributed by atoms with Gasteiger partial charge in [-0.2, -0.15) is 0 Å². The van der Waals surface area contributed by atoms with Crippen molar-refractivity contribution < 1.29 is 27.5 Å². The number of nitrogens with zero attached hydrogens (tertiary/aromatic N) is 2. The molecule has 0 unspecified atom stereocenters. The first kappa shape index (κ1) is 27.8. The Balaban J connectivity index is 1.77. The molecule has 11 heteroatoms. The number of anilines is 3. The summed E-state index contributed by atoms with van der Waals surface area (Å²) < 4.78 is 40.0. The number of carbonyl (C=O) groups excluding carboxylic acids is 1. The molecule has 0 aromatic heterocycles. The highest BCUT2D eigenvalue weighted by Gasteiger charge is 2.29. The molecule has 0 fully saturated rings. The third-order valence-corrected chi connectivity index (χ3v) is 7.32. The molecular formula is C28H29FN4O5S. The summed E-state index contributed by atoms with van der Waals surface area (Å²) in [4.78, 5) is 26.3. The van der Waals surface area contributed by atoms with Gasteiger partial charge in [-0.25, -0.2) is 12.8 Å². The van der Waals surface area contributed by atoms with E-state index in [-0.39, 0.29) is 18.5 Å². The van der Waals surface area contributed by atoms with E-state index >= 15 is 0 Å². The van der Waals surface area contributed by atoms with Crippen molar-refractivity contribution in [3.63, 3.8) is 0 Å². The second kappa shape index (κ2) is 11.3. The predicted octanol–water partition coefficient (Wildman–Crippen LogP) is 3.71. The number of carboxylic acids is 1. The molecule has 0 radical (unpaired) electrons. The molecule has 9 nitrogen and oxygen atoms in total. The summed E-state index contributed by atoms with van der Waals surface area (Å²) in [6.45, 7) is 0.808. The van der Waals surface area contributed by atoms with Gasteiger partial charge in [-0.05, 0) is 73.8 Å². The Morgan fingerprint density at radius 2 is 1.74 bits per heavy atom. The molecule has 0 saturated heterocycles. The molecule has 1 heterocycles. The van der Waals surface area contributed by atoms with Gasteiger partial charge in [0.05, 0.1) is 35.3 Å². The van der Waals surface area contributed by atoms with Crippen LogP contribution in [0.1, 0.15) is 16.7 Å². The molecule has 0 saturated carbocycles. The minimum Gasteiger partial charge on any atom is -0.481 e. The van der Waals surface area contributed by atoms with E-state index in [1.807, 2.05) is 19.0 Å². The van der Waals surface area contributed by atoms with Crippen LogP contribution in [-0.2, 0) is 26.0 Å². The topological polar surface area (TPSA) is 119 Å². The van der Waals surface area contributed by atoms with Crippen LogP contribution >= 0.6 is 0 Å². The lowest BCUT2D eigenvalue weighted by molar-refractivity contribution is -0.136. The van der Waals surface area contributed by atoms with E-state index in [0.29, 0.717) is 46.0 Å². The number of carbonyl (C=O) groups is 2. The molecule has 3 aromatic rings. The lowest BCUT2D eigenvalue weighted by atomic mass is 9.98. The summed E-state index contributed by atoms with van der Waals surface area (Å²) in [5, 5.41) is 15.2. The van der Waals surface area contributed by atoms with Crippen LogP contribution < -0.4 is 14.9 Å². The van der Waals surface area contributed by atoms with Crippen molar-refractivity contribution >= 4 is 50.2 Å². The number of sulfonamides is 1. The largest absolute Gasteiger partial charge is 0.481 e. The van der Waals surface area contributed by atoms with Gasteiger partial charge in [0.2, 0.25) is 10.0 Å². The Bertz CT molecular complexity index is 1550. The zero-order valence-electron chi connectivity index (χ0n) is 21.7. The zero-order chi connectivity index (χ0) is 28.3. The lowest BCUT2D eigenvalue weighted by Gasteiger charge is -2.24. The average Bonchev–Trinajstić information content (AvgIpc) is 3.16. The number of nitrogens with one attached hydrogen (secondary N) is 2. The van der Waals surface area contributed by atoms with Crippen molar-refractivity contribution in [2.45, 2.75) is 6.42 Å². The second-order valence-electron chi connectivity index (χ2n) is 9.48. The quantitative estimate of drug-likeness (QED) is 0.328. The molecule has 0 bridgehead atoms. The number of hydrogen-bond donors (Lipinski definition) is 3. The summed E-state index contributed by atoms with van der Waals surface area (Å²) in [5.74, 6) is -1.92. The van der Waals surface area contributed by atoms with Crippen LogP contribution in [0, 0.1) is 5.82 Å². The number of fused-ring (bicyclic) bond motifs is 1. The van der Waals surface area contributed by atoms with Crippen LogP contribution in [0.4, 0.5) is 21.5 Å². The maximum atomic E-state index is 13.9. The molecule has 1 aliphatic heterocycles. The summed E-state index contributed by atoms with van der Waals surface area (Å²) in [6.07, 6.45) is 0.952. The van der Waals surface area contributed by atoms with Crippen molar-refractivity contribution in [2.24, 2.45) is 0 Å². The van der Waals surface area contributed by atoms with Gasteiger partial charge in [0.25, 0.3) is 5.91 Å². The van der Waals surface area contributed by atoms with Crippen molar-refractivity contribution in [3.8, 4) is 0 Å². The number of rotatable bonds is 10. The number of amides is 1. The smallest absolute Gasteiger partial charge is 0.307 e. The maximum absolute atomic E-state index is 13.9. The Morgan fingerprint density at radius 1 is 1.03 bits per heavy atom. The number of carboxylic acid groups (broad SMARTS) is 1. The minimum atomic E-state index is -3.52. The molecule has 204 valence electrons. The van der Waals surface area contributed by atoms with Gasteiger partial charge in [-0.15, -0.1) is 0 Å². The van der Waals surface area contributed by atoms with Crippen molar-refractivity contribution in [1.29, 1.82) is 0 Å². The van der Waals surface area contributed by atoms with Gasteiger partial charge in [-0.3, -0.25) is 13.9 Å². The highest BCUT2D eigenvalue weighted by atomic mass is 32.2. The second-order valence-corrected chi connectivity index (χ2v) is 11.4. The molecular weight excluding hydrogens is 523 g/mol. The van der Waals surface area contributed by atoms with Crippen LogP contribution in [0.2, 0.25) is 0 Å². The fourth-order valence-corrected chi connectivity index (χ4v) is 5.23. The van der Waals surface area contributed by atoms with Gasteiger partial charge >= 0.3 is 5.97 Å². The first-order chi connectivity index (χ1) is 18.4. The molecule has 3 aromatic carbocycles. The van der Waals surface area contributed by atoms with Crippen LogP contribution in [0.25, 0.3) is 11.3 Å². The average molecular weight is 553 g/mol. The summed E-state index contributed by atoms with van der Waals surface area (Å²) in [7, 11) is 0.202. The molecule has 1 amide bonds. The maximum Gasteiger partial charge on any atom is 0.307 e. The Morgan fingerprint density at radius 3 is 2.38 bits per heavy atom. The molecule has 39 heavy (non-hydrogen) atoms. The van der Waals surface area contributed by atoms with Crippen LogP contribution in [-0.4, -0.2) is 63.7 Å². The van der Waals surface area contributed by atoms with Gasteiger partial charge in [-0.1, -0.05) is 18.2 Å². The molecule has 0 atom stereocenters. The summed E-state index contributed by atoms with van der Waals surface area (Å²) in [5.41, 5.74) is 3.64. The number of halogens is 1. The minimum absolute atomic E-state index is 0.201. The Kier molecular flexibility index (Phi) is 8.03. The van der Waals surface area contributed by atoms with Crippen LogP contribution in [0.5, 0.6) is 0 Å². The summed E-state index contributed by atoms with van der Waals surface area (Å²) >= 11 is 0. The van der Waals surface area contributed by atoms with E-state index in [1.54, 1.807) is 48.5 Å². The third kappa shape index (κ3) is 6.62. The third-order valence-electron chi connectivity index (χ3n) is 6.12. The lowest BCUT2D eigenvalue weighted by Crippen LogP contribution is -2.35. The first-order valence-electron chi connectivity index (χ1n) is 12.1. The predicted molar refractivity (Wildman–Crippen MR) is 150 cm³/mol. The number of benzene rings is 3. The van der Waals surface area contributed by atoms with Crippen molar-refractivity contribution in [2.75, 3.05) is 48.4 Å². The molecule has 1 aliphatic rings. The Labute approximate surface area is 226 Å². The van der Waals surface area contributed by atoms with E-state index < -0.39 is 27.7 Å². The standard InChI is InChI=1S/C28H29FN4O5S/c1-32(2)13-14-33(39(3,37)38)22-10-8-21(9-11-22)30-27(19-6-4-5-18(15-19)16-25(34)35)26-23-12-7-20(29)17-24(23)31-28(26)36/h4-12,15,17,30H,13-14,16H2,1-3H3,(H,31,36)(H,34,35)/b27-26-. The van der Waals surface area contributed by atoms with Crippen LogP contribution in [0.3, 0.4) is 0 Å². The van der Waals surface area contributed by atoms with Gasteiger partial charge in [0.1, 0.15) is 5.82 Å². The normalized spacial score (nSPS) is 14.1.